The quantitative estimate of drug-likeness (QED) is 0.900. The molecule has 102 valence electrons. The van der Waals surface area contributed by atoms with Crippen LogP contribution in [0.25, 0.3) is 11.0 Å². The molecular formula is C14H17ClN2O2. The number of furan rings is 1. The average molecular weight is 281 g/mol. The molecule has 3 N–H and O–H groups in total. The lowest BCUT2D eigenvalue weighted by Gasteiger charge is -2.08. The number of para-hydroxylation sites is 1. The van der Waals surface area contributed by atoms with E-state index in [1.165, 1.54) is 0 Å². The minimum atomic E-state index is -0.589. The van der Waals surface area contributed by atoms with E-state index >= 15 is 0 Å². The first-order valence-electron chi connectivity index (χ1n) is 6.22. The number of halogens is 1. The van der Waals surface area contributed by atoms with Crippen LogP contribution in [0.2, 0.25) is 0 Å². The van der Waals surface area contributed by atoms with Gasteiger partial charge in [-0.3, -0.25) is 4.79 Å². The van der Waals surface area contributed by atoms with Crippen LogP contribution in [-0.2, 0) is 11.2 Å². The summed E-state index contributed by atoms with van der Waals surface area (Å²) in [7, 11) is 0. The van der Waals surface area contributed by atoms with Crippen LogP contribution >= 0.6 is 12.4 Å². The van der Waals surface area contributed by atoms with Crippen molar-refractivity contribution in [3.8, 4) is 0 Å². The fourth-order valence-corrected chi connectivity index (χ4v) is 2.00. The standard InChI is InChI=1S/C14H16N2O2.ClH/c15-14(6-7-14)13(17)16-8-5-11-9-10-3-1-2-4-12(10)18-11;/h1-4,9H,5-8,15H2,(H,16,17);1H. The Labute approximate surface area is 117 Å². The lowest BCUT2D eigenvalue weighted by molar-refractivity contribution is -0.123. The van der Waals surface area contributed by atoms with E-state index in [2.05, 4.69) is 5.32 Å². The molecule has 0 atom stereocenters. The molecule has 1 saturated carbocycles. The van der Waals surface area contributed by atoms with Crippen molar-refractivity contribution in [3.05, 3.63) is 36.1 Å². The number of nitrogens with one attached hydrogen (secondary N) is 1. The molecule has 19 heavy (non-hydrogen) atoms. The number of carbonyl (C=O) groups is 1. The molecule has 4 nitrogen and oxygen atoms in total. The molecule has 3 rings (SSSR count). The molecular weight excluding hydrogens is 264 g/mol. The number of benzene rings is 1. The minimum absolute atomic E-state index is 0. The van der Waals surface area contributed by atoms with Gasteiger partial charge in [-0.2, -0.15) is 0 Å². The maximum Gasteiger partial charge on any atom is 0.240 e. The van der Waals surface area contributed by atoms with E-state index in [1.54, 1.807) is 0 Å². The van der Waals surface area contributed by atoms with Gasteiger partial charge in [0.1, 0.15) is 11.3 Å². The third-order valence-corrected chi connectivity index (χ3v) is 3.37. The van der Waals surface area contributed by atoms with Crippen LogP contribution in [0.1, 0.15) is 18.6 Å². The summed E-state index contributed by atoms with van der Waals surface area (Å²) in [6.45, 7) is 0.567. The van der Waals surface area contributed by atoms with E-state index in [-0.39, 0.29) is 18.3 Å². The highest BCUT2D eigenvalue weighted by Crippen LogP contribution is 2.32. The van der Waals surface area contributed by atoms with Gasteiger partial charge in [-0.25, -0.2) is 0 Å². The van der Waals surface area contributed by atoms with Crippen molar-refractivity contribution in [1.82, 2.24) is 5.32 Å². The Balaban J connectivity index is 0.00000133. The third kappa shape index (κ3) is 2.91. The highest BCUT2D eigenvalue weighted by atomic mass is 35.5. The molecule has 0 aliphatic heterocycles. The number of fused-ring (bicyclic) bond motifs is 1. The fourth-order valence-electron chi connectivity index (χ4n) is 2.00. The van der Waals surface area contributed by atoms with Crippen molar-refractivity contribution in [2.75, 3.05) is 6.54 Å². The minimum Gasteiger partial charge on any atom is -0.461 e. The lowest BCUT2D eigenvalue weighted by Crippen LogP contribution is -2.43. The molecule has 1 fully saturated rings. The number of amides is 1. The molecule has 0 saturated heterocycles. The van der Waals surface area contributed by atoms with Gasteiger partial charge >= 0.3 is 0 Å². The molecule has 1 aromatic heterocycles. The van der Waals surface area contributed by atoms with Crippen LogP contribution in [0, 0.1) is 0 Å². The van der Waals surface area contributed by atoms with Gasteiger partial charge in [0.15, 0.2) is 0 Å². The van der Waals surface area contributed by atoms with Crippen LogP contribution < -0.4 is 11.1 Å². The molecule has 1 heterocycles. The van der Waals surface area contributed by atoms with Gasteiger partial charge in [-0.1, -0.05) is 18.2 Å². The summed E-state index contributed by atoms with van der Waals surface area (Å²) < 4.78 is 5.67. The van der Waals surface area contributed by atoms with Gasteiger partial charge in [0, 0.05) is 18.4 Å². The Morgan fingerprint density at radius 3 is 2.79 bits per heavy atom. The van der Waals surface area contributed by atoms with E-state index in [0.717, 1.165) is 29.6 Å². The van der Waals surface area contributed by atoms with E-state index in [9.17, 15) is 4.79 Å². The van der Waals surface area contributed by atoms with Crippen molar-refractivity contribution in [3.63, 3.8) is 0 Å². The van der Waals surface area contributed by atoms with Gasteiger partial charge < -0.3 is 15.5 Å². The number of carbonyl (C=O) groups excluding carboxylic acids is 1. The van der Waals surface area contributed by atoms with E-state index in [0.29, 0.717) is 13.0 Å². The van der Waals surface area contributed by atoms with Crippen LogP contribution in [0.5, 0.6) is 0 Å². The number of rotatable bonds is 4. The summed E-state index contributed by atoms with van der Waals surface area (Å²) in [5.74, 6) is 0.844. The fraction of sp³-hybridized carbons (Fsp3) is 0.357. The Bertz CT molecular complexity index is 557. The SMILES string of the molecule is Cl.NC1(C(=O)NCCc2cc3ccccc3o2)CC1. The molecule has 0 bridgehead atoms. The third-order valence-electron chi connectivity index (χ3n) is 3.37. The zero-order chi connectivity index (χ0) is 12.6. The zero-order valence-electron chi connectivity index (χ0n) is 10.5. The largest absolute Gasteiger partial charge is 0.461 e. The molecule has 1 amide bonds. The predicted octanol–water partition coefficient (Wildman–Crippen LogP) is 2.00. The van der Waals surface area contributed by atoms with Gasteiger partial charge in [0.2, 0.25) is 5.91 Å². The summed E-state index contributed by atoms with van der Waals surface area (Å²) in [5.41, 5.74) is 6.09. The maximum absolute atomic E-state index is 11.6. The van der Waals surface area contributed by atoms with Gasteiger partial charge in [0.25, 0.3) is 0 Å². The summed E-state index contributed by atoms with van der Waals surface area (Å²) in [5, 5.41) is 3.95. The van der Waals surface area contributed by atoms with Crippen molar-refractivity contribution in [2.45, 2.75) is 24.8 Å². The van der Waals surface area contributed by atoms with Gasteiger partial charge in [-0.15, -0.1) is 12.4 Å². The molecule has 2 aromatic rings. The normalized spacial score (nSPS) is 15.8. The number of hydrogen-bond acceptors (Lipinski definition) is 3. The van der Waals surface area contributed by atoms with E-state index in [4.69, 9.17) is 10.2 Å². The topological polar surface area (TPSA) is 68.3 Å². The average Bonchev–Trinajstić information content (AvgIpc) is 2.99. The summed E-state index contributed by atoms with van der Waals surface area (Å²) >= 11 is 0. The molecule has 1 aliphatic carbocycles. The molecule has 0 radical (unpaired) electrons. The predicted molar refractivity (Wildman–Crippen MR) is 76.3 cm³/mol. The first-order valence-corrected chi connectivity index (χ1v) is 6.22. The Morgan fingerprint density at radius 1 is 1.37 bits per heavy atom. The van der Waals surface area contributed by atoms with Crippen LogP contribution in [-0.4, -0.2) is 18.0 Å². The molecule has 1 aliphatic rings. The number of nitrogens with two attached hydrogens (primary N) is 1. The summed E-state index contributed by atoms with van der Waals surface area (Å²) in [6.07, 6.45) is 2.28. The van der Waals surface area contributed by atoms with Crippen LogP contribution in [0.3, 0.4) is 0 Å². The Morgan fingerprint density at radius 2 is 2.11 bits per heavy atom. The van der Waals surface area contributed by atoms with Crippen LogP contribution in [0.4, 0.5) is 0 Å². The van der Waals surface area contributed by atoms with Crippen molar-refractivity contribution in [2.24, 2.45) is 5.73 Å². The molecule has 0 unspecified atom stereocenters. The highest BCUT2D eigenvalue weighted by Gasteiger charge is 2.45. The number of hydrogen-bond donors (Lipinski definition) is 2. The van der Waals surface area contributed by atoms with Gasteiger partial charge in [-0.05, 0) is 25.0 Å². The second-order valence-corrected chi connectivity index (χ2v) is 4.91. The van der Waals surface area contributed by atoms with Crippen molar-refractivity contribution in [1.29, 1.82) is 0 Å². The lowest BCUT2D eigenvalue weighted by atomic mass is 10.2. The Hall–Kier alpha value is -1.52. The van der Waals surface area contributed by atoms with E-state index < -0.39 is 5.54 Å². The zero-order valence-corrected chi connectivity index (χ0v) is 11.3. The van der Waals surface area contributed by atoms with Crippen LogP contribution in [0.15, 0.2) is 34.7 Å². The summed E-state index contributed by atoms with van der Waals surface area (Å²) in [4.78, 5) is 11.6. The Kier molecular flexibility index (Phi) is 3.83. The van der Waals surface area contributed by atoms with Crippen molar-refractivity contribution >= 4 is 29.3 Å². The smallest absolute Gasteiger partial charge is 0.240 e. The second kappa shape index (κ2) is 5.23. The maximum atomic E-state index is 11.6. The highest BCUT2D eigenvalue weighted by molar-refractivity contribution is 5.89. The van der Waals surface area contributed by atoms with Gasteiger partial charge in [0.05, 0.1) is 5.54 Å². The molecule has 5 heteroatoms. The second-order valence-electron chi connectivity index (χ2n) is 4.91. The monoisotopic (exact) mass is 280 g/mol. The summed E-state index contributed by atoms with van der Waals surface area (Å²) in [6, 6.07) is 9.89. The molecule has 1 aromatic carbocycles. The molecule has 0 spiro atoms. The first kappa shape index (κ1) is 13.9. The van der Waals surface area contributed by atoms with E-state index in [1.807, 2.05) is 30.3 Å². The van der Waals surface area contributed by atoms with Crippen molar-refractivity contribution < 1.29 is 9.21 Å². The first-order chi connectivity index (χ1) is 8.67.